The predicted molar refractivity (Wildman–Crippen MR) is 82.0 cm³/mol. The number of anilines is 1. The minimum atomic E-state index is -0.963. The number of nitrogens with one attached hydrogen (secondary N) is 1. The molecule has 1 fully saturated rings. The minimum absolute atomic E-state index is 0.183. The third kappa shape index (κ3) is 2.94. The Balaban J connectivity index is 1.61. The van der Waals surface area contributed by atoms with Crippen molar-refractivity contribution in [2.24, 2.45) is 0 Å². The first-order chi connectivity index (χ1) is 10.6. The van der Waals surface area contributed by atoms with Gasteiger partial charge in [-0.15, -0.1) is 0 Å². The molecule has 3 heterocycles. The van der Waals surface area contributed by atoms with Crippen LogP contribution in [0.4, 0.5) is 5.82 Å². The SMILES string of the molecule is Cc1cccnc1N1CCN(Cc2cn[nH]c2C(=O)O)CC1. The molecule has 0 bridgehead atoms. The van der Waals surface area contributed by atoms with Gasteiger partial charge in [0.25, 0.3) is 0 Å². The Labute approximate surface area is 128 Å². The molecule has 0 unspecified atom stereocenters. The number of aryl methyl sites for hydroxylation is 1. The summed E-state index contributed by atoms with van der Waals surface area (Å²) in [4.78, 5) is 20.1. The molecule has 2 aromatic rings. The highest BCUT2D eigenvalue weighted by Gasteiger charge is 2.21. The van der Waals surface area contributed by atoms with E-state index in [0.717, 1.165) is 37.6 Å². The number of hydrogen-bond donors (Lipinski definition) is 2. The maximum Gasteiger partial charge on any atom is 0.354 e. The second-order valence-corrected chi connectivity index (χ2v) is 5.48. The maximum absolute atomic E-state index is 11.1. The molecule has 116 valence electrons. The molecule has 7 heteroatoms. The summed E-state index contributed by atoms with van der Waals surface area (Å²) in [5.74, 6) is 0.0759. The Morgan fingerprint density at radius 2 is 2.14 bits per heavy atom. The van der Waals surface area contributed by atoms with Gasteiger partial charge in [-0.3, -0.25) is 10.00 Å². The molecule has 1 aliphatic rings. The summed E-state index contributed by atoms with van der Waals surface area (Å²) in [5, 5.41) is 15.5. The van der Waals surface area contributed by atoms with Gasteiger partial charge in [-0.25, -0.2) is 9.78 Å². The fourth-order valence-corrected chi connectivity index (χ4v) is 2.78. The van der Waals surface area contributed by atoms with Crippen molar-refractivity contribution < 1.29 is 9.90 Å². The number of H-pyrrole nitrogens is 1. The van der Waals surface area contributed by atoms with Crippen LogP contribution < -0.4 is 4.90 Å². The highest BCUT2D eigenvalue weighted by atomic mass is 16.4. The summed E-state index contributed by atoms with van der Waals surface area (Å²) in [7, 11) is 0. The molecule has 0 radical (unpaired) electrons. The Morgan fingerprint density at radius 1 is 1.36 bits per heavy atom. The smallest absolute Gasteiger partial charge is 0.354 e. The second-order valence-electron chi connectivity index (χ2n) is 5.48. The largest absolute Gasteiger partial charge is 0.477 e. The lowest BCUT2D eigenvalue weighted by Gasteiger charge is -2.35. The zero-order valence-electron chi connectivity index (χ0n) is 12.5. The lowest BCUT2D eigenvalue weighted by atomic mass is 10.2. The number of aromatic amines is 1. The molecule has 0 aliphatic carbocycles. The molecule has 3 rings (SSSR count). The van der Waals surface area contributed by atoms with Crippen LogP contribution in [0.3, 0.4) is 0 Å². The van der Waals surface area contributed by atoms with Gasteiger partial charge in [0.2, 0.25) is 0 Å². The number of rotatable bonds is 4. The van der Waals surface area contributed by atoms with E-state index >= 15 is 0 Å². The van der Waals surface area contributed by atoms with E-state index in [1.54, 1.807) is 6.20 Å². The minimum Gasteiger partial charge on any atom is -0.477 e. The zero-order chi connectivity index (χ0) is 15.5. The summed E-state index contributed by atoms with van der Waals surface area (Å²) >= 11 is 0. The van der Waals surface area contributed by atoms with Gasteiger partial charge < -0.3 is 10.0 Å². The first-order valence-corrected chi connectivity index (χ1v) is 7.29. The molecular formula is C15H19N5O2. The first kappa shape index (κ1) is 14.5. The number of carboxylic acids is 1. The van der Waals surface area contributed by atoms with E-state index in [1.165, 1.54) is 5.56 Å². The zero-order valence-corrected chi connectivity index (χ0v) is 12.5. The fraction of sp³-hybridized carbons (Fsp3) is 0.400. The Bertz CT molecular complexity index is 661. The Kier molecular flexibility index (Phi) is 4.06. The summed E-state index contributed by atoms with van der Waals surface area (Å²) in [6.07, 6.45) is 3.41. The van der Waals surface area contributed by atoms with E-state index in [-0.39, 0.29) is 5.69 Å². The first-order valence-electron chi connectivity index (χ1n) is 7.29. The van der Waals surface area contributed by atoms with Crippen molar-refractivity contribution in [1.82, 2.24) is 20.1 Å². The van der Waals surface area contributed by atoms with Gasteiger partial charge in [-0.1, -0.05) is 6.07 Å². The monoisotopic (exact) mass is 301 g/mol. The number of aromatic carboxylic acids is 1. The average Bonchev–Trinajstić information content (AvgIpc) is 2.97. The standard InChI is InChI=1S/C15H19N5O2/c1-11-3-2-4-16-14(11)20-7-5-19(6-8-20)10-12-9-17-18-13(12)15(21)22/h2-4,9H,5-8,10H2,1H3,(H,17,18)(H,21,22). The van der Waals surface area contributed by atoms with E-state index in [9.17, 15) is 4.79 Å². The van der Waals surface area contributed by atoms with Gasteiger partial charge in [0.15, 0.2) is 0 Å². The van der Waals surface area contributed by atoms with Gasteiger partial charge in [0.1, 0.15) is 11.5 Å². The number of nitrogens with zero attached hydrogens (tertiary/aromatic N) is 4. The number of pyridine rings is 1. The van der Waals surface area contributed by atoms with Crippen LogP contribution in [0, 0.1) is 6.92 Å². The lowest BCUT2D eigenvalue weighted by Crippen LogP contribution is -2.46. The summed E-state index contributed by atoms with van der Waals surface area (Å²) in [6, 6.07) is 4.01. The molecule has 22 heavy (non-hydrogen) atoms. The molecule has 0 saturated carbocycles. The Morgan fingerprint density at radius 3 is 2.82 bits per heavy atom. The number of carbonyl (C=O) groups is 1. The average molecular weight is 301 g/mol. The van der Waals surface area contributed by atoms with Crippen LogP contribution in [-0.4, -0.2) is 57.3 Å². The van der Waals surface area contributed by atoms with Crippen molar-refractivity contribution in [1.29, 1.82) is 0 Å². The molecule has 1 aliphatic heterocycles. The van der Waals surface area contributed by atoms with Gasteiger partial charge >= 0.3 is 5.97 Å². The van der Waals surface area contributed by atoms with Crippen molar-refractivity contribution in [3.63, 3.8) is 0 Å². The van der Waals surface area contributed by atoms with Crippen LogP contribution in [0.2, 0.25) is 0 Å². The van der Waals surface area contributed by atoms with Gasteiger partial charge in [0.05, 0.1) is 6.20 Å². The van der Waals surface area contributed by atoms with E-state index in [0.29, 0.717) is 6.54 Å². The van der Waals surface area contributed by atoms with Crippen LogP contribution in [0.25, 0.3) is 0 Å². The molecule has 0 aromatic carbocycles. The predicted octanol–water partition coefficient (Wildman–Crippen LogP) is 1.13. The summed E-state index contributed by atoms with van der Waals surface area (Å²) in [6.45, 7) is 6.20. The van der Waals surface area contributed by atoms with E-state index < -0.39 is 5.97 Å². The number of carboxylic acid groups (broad SMARTS) is 1. The maximum atomic E-state index is 11.1. The van der Waals surface area contributed by atoms with Crippen molar-refractivity contribution in [2.45, 2.75) is 13.5 Å². The van der Waals surface area contributed by atoms with Crippen molar-refractivity contribution in [3.8, 4) is 0 Å². The van der Waals surface area contributed by atoms with Crippen molar-refractivity contribution >= 4 is 11.8 Å². The number of aromatic nitrogens is 3. The molecule has 1 saturated heterocycles. The highest BCUT2D eigenvalue weighted by molar-refractivity contribution is 5.86. The topological polar surface area (TPSA) is 85.4 Å². The fourth-order valence-electron chi connectivity index (χ4n) is 2.78. The third-order valence-electron chi connectivity index (χ3n) is 3.98. The molecular weight excluding hydrogens is 282 g/mol. The van der Waals surface area contributed by atoms with Crippen LogP contribution in [0.15, 0.2) is 24.5 Å². The van der Waals surface area contributed by atoms with Gasteiger partial charge in [-0.05, 0) is 18.6 Å². The van der Waals surface area contributed by atoms with E-state index in [4.69, 9.17) is 5.11 Å². The van der Waals surface area contributed by atoms with Gasteiger partial charge in [-0.2, -0.15) is 5.10 Å². The second kappa shape index (κ2) is 6.15. The highest BCUT2D eigenvalue weighted by Crippen LogP contribution is 2.19. The number of piperazine rings is 1. The van der Waals surface area contributed by atoms with Crippen LogP contribution in [-0.2, 0) is 6.54 Å². The van der Waals surface area contributed by atoms with Gasteiger partial charge in [0, 0.05) is 44.5 Å². The molecule has 7 nitrogen and oxygen atoms in total. The number of hydrogen-bond acceptors (Lipinski definition) is 5. The molecule has 0 spiro atoms. The van der Waals surface area contributed by atoms with E-state index in [1.807, 2.05) is 12.3 Å². The third-order valence-corrected chi connectivity index (χ3v) is 3.98. The van der Waals surface area contributed by atoms with Crippen LogP contribution in [0.1, 0.15) is 21.6 Å². The molecule has 2 aromatic heterocycles. The Hall–Kier alpha value is -2.41. The van der Waals surface area contributed by atoms with Crippen LogP contribution in [0.5, 0.6) is 0 Å². The normalized spacial score (nSPS) is 16.0. The van der Waals surface area contributed by atoms with Crippen molar-refractivity contribution in [3.05, 3.63) is 41.3 Å². The van der Waals surface area contributed by atoms with Crippen LogP contribution >= 0.6 is 0 Å². The quantitative estimate of drug-likeness (QED) is 0.880. The molecule has 0 atom stereocenters. The summed E-state index contributed by atoms with van der Waals surface area (Å²) < 4.78 is 0. The molecule has 0 amide bonds. The van der Waals surface area contributed by atoms with E-state index in [2.05, 4.69) is 38.0 Å². The summed E-state index contributed by atoms with van der Waals surface area (Å²) in [5.41, 5.74) is 2.09. The molecule has 2 N–H and O–H groups in total. The van der Waals surface area contributed by atoms with Crippen molar-refractivity contribution in [2.75, 3.05) is 31.1 Å². The lowest BCUT2D eigenvalue weighted by molar-refractivity contribution is 0.0688.